The van der Waals surface area contributed by atoms with Crippen LogP contribution in [-0.4, -0.2) is 46.1 Å². The van der Waals surface area contributed by atoms with E-state index in [4.69, 9.17) is 15.6 Å². The maximum atomic E-state index is 10.5. The number of nitrogens with zero attached hydrogens (tertiary/aromatic N) is 1. The van der Waals surface area contributed by atoms with Gasteiger partial charge in [-0.3, -0.25) is 5.41 Å². The van der Waals surface area contributed by atoms with Gasteiger partial charge in [0, 0.05) is 13.5 Å². The van der Waals surface area contributed by atoms with Gasteiger partial charge >= 0.3 is 5.97 Å². The highest BCUT2D eigenvalue weighted by Gasteiger charge is 2.38. The Morgan fingerprint density at radius 2 is 2.36 bits per heavy atom. The van der Waals surface area contributed by atoms with Crippen molar-refractivity contribution in [2.24, 2.45) is 0 Å². The number of aliphatic hydroxyl groups is 1. The first-order valence-electron chi connectivity index (χ1n) is 3.25. The molecule has 5 heteroatoms. The van der Waals surface area contributed by atoms with Crippen molar-refractivity contribution in [1.29, 1.82) is 5.41 Å². The van der Waals surface area contributed by atoms with E-state index in [9.17, 15) is 4.79 Å². The zero-order valence-electron chi connectivity index (χ0n) is 6.11. The molecule has 1 aliphatic heterocycles. The molecule has 62 valence electrons. The van der Waals surface area contributed by atoms with Crippen LogP contribution in [0.4, 0.5) is 0 Å². The van der Waals surface area contributed by atoms with E-state index < -0.39 is 18.1 Å². The summed E-state index contributed by atoms with van der Waals surface area (Å²) in [5, 5.41) is 24.9. The van der Waals surface area contributed by atoms with Gasteiger partial charge in [0.1, 0.15) is 0 Å². The lowest BCUT2D eigenvalue weighted by molar-refractivity contribution is -0.143. The van der Waals surface area contributed by atoms with Gasteiger partial charge in [-0.2, -0.15) is 0 Å². The van der Waals surface area contributed by atoms with Gasteiger partial charge in [0.05, 0.1) is 11.9 Å². The Morgan fingerprint density at radius 3 is 2.55 bits per heavy atom. The number of carboxylic acids is 1. The van der Waals surface area contributed by atoms with E-state index >= 15 is 0 Å². The van der Waals surface area contributed by atoms with Crippen LogP contribution in [0.5, 0.6) is 0 Å². The molecule has 1 unspecified atom stereocenters. The molecule has 3 N–H and O–H groups in total. The van der Waals surface area contributed by atoms with Crippen LogP contribution in [0.25, 0.3) is 0 Å². The molecule has 0 aliphatic carbocycles. The predicted octanol–water partition coefficient (Wildman–Crippen LogP) is -0.887. The lowest BCUT2D eigenvalue weighted by atomic mass is 10.2. The van der Waals surface area contributed by atoms with Crippen LogP contribution < -0.4 is 0 Å². The first kappa shape index (κ1) is 8.00. The topological polar surface area (TPSA) is 84.6 Å². The number of carbonyl (C=O) groups is 1. The third-order valence-corrected chi connectivity index (χ3v) is 1.86. The number of hydrogen-bond donors (Lipinski definition) is 3. The molecule has 0 saturated carbocycles. The van der Waals surface area contributed by atoms with E-state index in [1.165, 1.54) is 11.9 Å². The first-order valence-corrected chi connectivity index (χ1v) is 3.25. The van der Waals surface area contributed by atoms with E-state index in [0.717, 1.165) is 0 Å². The molecule has 1 rings (SSSR count). The van der Waals surface area contributed by atoms with Crippen molar-refractivity contribution in [2.45, 2.75) is 18.6 Å². The van der Waals surface area contributed by atoms with Gasteiger partial charge in [0.25, 0.3) is 0 Å². The molecule has 2 atom stereocenters. The number of amidine groups is 1. The molecule has 0 aromatic heterocycles. The van der Waals surface area contributed by atoms with Crippen LogP contribution in [0.3, 0.4) is 0 Å². The standard InChI is InChI=1S/C6H10N2O3/c1-8-4(7)2-3(9)5(8)6(10)11/h3,5,7,9H,2H2,1H3,(H,10,11)/t3?,5-/m0/s1. The summed E-state index contributed by atoms with van der Waals surface area (Å²) in [5.74, 6) is -0.910. The minimum Gasteiger partial charge on any atom is -0.480 e. The van der Waals surface area contributed by atoms with E-state index in [1.54, 1.807) is 0 Å². The number of hydrogen-bond acceptors (Lipinski definition) is 3. The van der Waals surface area contributed by atoms with Crippen molar-refractivity contribution in [3.05, 3.63) is 0 Å². The van der Waals surface area contributed by atoms with Crippen molar-refractivity contribution in [3.63, 3.8) is 0 Å². The minimum absolute atomic E-state index is 0.132. The van der Waals surface area contributed by atoms with Crippen molar-refractivity contribution in [3.8, 4) is 0 Å². The number of carboxylic acid groups (broad SMARTS) is 1. The van der Waals surface area contributed by atoms with Crippen LogP contribution in [0.1, 0.15) is 6.42 Å². The van der Waals surface area contributed by atoms with Gasteiger partial charge in [-0.1, -0.05) is 0 Å². The number of likely N-dealkylation sites (N-methyl/N-ethyl adjacent to an activating group) is 1. The van der Waals surface area contributed by atoms with Crippen molar-refractivity contribution in [1.82, 2.24) is 4.90 Å². The predicted molar refractivity (Wildman–Crippen MR) is 37.5 cm³/mol. The highest BCUT2D eigenvalue weighted by Crippen LogP contribution is 2.17. The second kappa shape index (κ2) is 2.50. The monoisotopic (exact) mass is 158 g/mol. The third kappa shape index (κ3) is 1.19. The number of likely N-dealkylation sites (tertiary alicyclic amines) is 1. The molecule has 1 aliphatic rings. The van der Waals surface area contributed by atoms with E-state index in [1.807, 2.05) is 0 Å². The SMILES string of the molecule is CN1C(=N)CC(O)[C@H]1C(=O)O. The van der Waals surface area contributed by atoms with Gasteiger partial charge in [-0.15, -0.1) is 0 Å². The number of aliphatic hydroxyl groups excluding tert-OH is 1. The summed E-state index contributed by atoms with van der Waals surface area (Å²) in [7, 11) is 1.50. The molecule has 1 saturated heterocycles. The average Bonchev–Trinajstić information content (AvgIpc) is 2.07. The fourth-order valence-corrected chi connectivity index (χ4v) is 1.21. The highest BCUT2D eigenvalue weighted by atomic mass is 16.4. The molecular weight excluding hydrogens is 148 g/mol. The highest BCUT2D eigenvalue weighted by molar-refractivity contribution is 5.89. The van der Waals surface area contributed by atoms with Crippen LogP contribution in [-0.2, 0) is 4.79 Å². The quantitative estimate of drug-likeness (QED) is 0.462. The zero-order valence-corrected chi connectivity index (χ0v) is 6.11. The molecule has 1 fully saturated rings. The number of aliphatic carboxylic acids is 1. The summed E-state index contributed by atoms with van der Waals surface area (Å²) in [4.78, 5) is 11.7. The van der Waals surface area contributed by atoms with Gasteiger partial charge in [-0.05, 0) is 0 Å². The van der Waals surface area contributed by atoms with Crippen LogP contribution >= 0.6 is 0 Å². The average molecular weight is 158 g/mol. The van der Waals surface area contributed by atoms with E-state index in [-0.39, 0.29) is 12.3 Å². The molecular formula is C6H10N2O3. The molecule has 0 radical (unpaired) electrons. The van der Waals surface area contributed by atoms with Gasteiger partial charge in [-0.25, -0.2) is 4.79 Å². The smallest absolute Gasteiger partial charge is 0.329 e. The molecule has 0 aromatic carbocycles. The fraction of sp³-hybridized carbons (Fsp3) is 0.667. The Hall–Kier alpha value is -1.10. The second-order valence-electron chi connectivity index (χ2n) is 2.61. The molecule has 11 heavy (non-hydrogen) atoms. The first-order chi connectivity index (χ1) is 5.04. The Kier molecular flexibility index (Phi) is 1.82. The molecule has 0 bridgehead atoms. The Bertz CT molecular complexity index is 204. The zero-order chi connectivity index (χ0) is 8.59. The van der Waals surface area contributed by atoms with Crippen molar-refractivity contribution in [2.75, 3.05) is 7.05 Å². The van der Waals surface area contributed by atoms with Crippen molar-refractivity contribution >= 4 is 11.8 Å². The van der Waals surface area contributed by atoms with Gasteiger partial charge in [0.15, 0.2) is 6.04 Å². The Morgan fingerprint density at radius 1 is 1.82 bits per heavy atom. The third-order valence-electron chi connectivity index (χ3n) is 1.86. The van der Waals surface area contributed by atoms with E-state index in [0.29, 0.717) is 0 Å². The summed E-state index contributed by atoms with van der Waals surface area (Å²) in [6.45, 7) is 0. The van der Waals surface area contributed by atoms with Crippen LogP contribution in [0, 0.1) is 5.41 Å². The fourth-order valence-electron chi connectivity index (χ4n) is 1.21. The molecule has 1 heterocycles. The summed E-state index contributed by atoms with van der Waals surface area (Å²) in [5.41, 5.74) is 0. The van der Waals surface area contributed by atoms with Gasteiger partial charge < -0.3 is 15.1 Å². The molecule has 0 amide bonds. The van der Waals surface area contributed by atoms with E-state index in [2.05, 4.69) is 0 Å². The molecule has 0 aromatic rings. The molecule has 0 spiro atoms. The summed E-state index contributed by atoms with van der Waals surface area (Å²) < 4.78 is 0. The maximum absolute atomic E-state index is 10.5. The van der Waals surface area contributed by atoms with Gasteiger partial charge in [0.2, 0.25) is 0 Å². The lowest BCUT2D eigenvalue weighted by Gasteiger charge is -2.18. The summed E-state index contributed by atoms with van der Waals surface area (Å²) in [6, 6.07) is -0.942. The van der Waals surface area contributed by atoms with Crippen molar-refractivity contribution < 1.29 is 15.0 Å². The molecule has 5 nitrogen and oxygen atoms in total. The Balaban J connectivity index is 2.79. The number of rotatable bonds is 1. The maximum Gasteiger partial charge on any atom is 0.329 e. The lowest BCUT2D eigenvalue weighted by Crippen LogP contribution is -2.40. The van der Waals surface area contributed by atoms with Crippen LogP contribution in [0.2, 0.25) is 0 Å². The van der Waals surface area contributed by atoms with Crippen LogP contribution in [0.15, 0.2) is 0 Å². The Labute approximate surface area is 63.8 Å². The summed E-state index contributed by atoms with van der Waals surface area (Å²) >= 11 is 0. The summed E-state index contributed by atoms with van der Waals surface area (Å²) in [6.07, 6.45) is -0.807. The minimum atomic E-state index is -1.08. The normalized spacial score (nSPS) is 31.1. The second-order valence-corrected chi connectivity index (χ2v) is 2.61. The largest absolute Gasteiger partial charge is 0.480 e. The number of nitrogens with one attached hydrogen (secondary N) is 1.